The molecular weight excluding hydrogens is 414 g/mol. The second kappa shape index (κ2) is 5.91. The number of rotatable bonds is 3. The molecule has 0 fully saturated rings. The van der Waals surface area contributed by atoms with Crippen LogP contribution in [0.25, 0.3) is 11.1 Å². The number of hydrogen-bond acceptors (Lipinski definition) is 0. The fourth-order valence-corrected chi connectivity index (χ4v) is 21.3. The Bertz CT molecular complexity index is 873. The van der Waals surface area contributed by atoms with Crippen LogP contribution in [0.3, 0.4) is 0 Å². The van der Waals surface area contributed by atoms with E-state index in [0.717, 1.165) is 6.42 Å². The summed E-state index contributed by atoms with van der Waals surface area (Å²) < 4.78 is 2.55. The minimum atomic E-state index is -4.33. The summed E-state index contributed by atoms with van der Waals surface area (Å²) in [4.78, 5) is 0. The van der Waals surface area contributed by atoms with Crippen LogP contribution >= 0.6 is 17.0 Å². The molecule has 24 heavy (non-hydrogen) atoms. The van der Waals surface area contributed by atoms with Crippen LogP contribution in [0, 0.1) is 0 Å². The van der Waals surface area contributed by atoms with Crippen LogP contribution < -0.4 is 0 Å². The summed E-state index contributed by atoms with van der Waals surface area (Å²) in [6.07, 6.45) is 9.46. The van der Waals surface area contributed by atoms with Crippen LogP contribution in [0.5, 0.6) is 0 Å². The molecule has 2 aromatic carbocycles. The summed E-state index contributed by atoms with van der Waals surface area (Å²) in [5.74, 6) is 0. The average Bonchev–Trinajstić information content (AvgIpc) is 3.22. The third-order valence-electron chi connectivity index (χ3n) is 5.36. The van der Waals surface area contributed by atoms with Crippen molar-refractivity contribution in [3.8, 4) is 11.1 Å². The third kappa shape index (κ3) is 2.32. The first kappa shape index (κ1) is 16.7. The zero-order chi connectivity index (χ0) is 16.8. The van der Waals surface area contributed by atoms with Gasteiger partial charge >= 0.3 is 152 Å². The van der Waals surface area contributed by atoms with Gasteiger partial charge in [0, 0.05) is 0 Å². The Balaban J connectivity index is 2.06. The fourth-order valence-electron chi connectivity index (χ4n) is 4.39. The summed E-state index contributed by atoms with van der Waals surface area (Å²) in [6, 6.07) is 17.2. The quantitative estimate of drug-likeness (QED) is 0.494. The van der Waals surface area contributed by atoms with Gasteiger partial charge in [0.15, 0.2) is 0 Å². The molecule has 0 spiro atoms. The maximum absolute atomic E-state index is 7.58. The molecule has 0 aromatic heterocycles. The predicted molar refractivity (Wildman–Crippen MR) is 104 cm³/mol. The molecular formula is C21H20Cl2Zr. The molecule has 4 rings (SSSR count). The van der Waals surface area contributed by atoms with E-state index in [0.29, 0.717) is 0 Å². The van der Waals surface area contributed by atoms with Crippen LogP contribution in [0.2, 0.25) is 3.63 Å². The van der Waals surface area contributed by atoms with Gasteiger partial charge in [-0.3, -0.25) is 0 Å². The Morgan fingerprint density at radius 1 is 0.875 bits per heavy atom. The average molecular weight is 435 g/mol. The van der Waals surface area contributed by atoms with E-state index < -0.39 is 15.9 Å². The molecule has 3 heteroatoms. The molecule has 122 valence electrons. The van der Waals surface area contributed by atoms with Gasteiger partial charge in [-0.2, -0.15) is 0 Å². The van der Waals surface area contributed by atoms with Gasteiger partial charge in [0.2, 0.25) is 0 Å². The van der Waals surface area contributed by atoms with Gasteiger partial charge in [-0.25, -0.2) is 0 Å². The summed E-state index contributed by atoms with van der Waals surface area (Å²) in [5.41, 5.74) is 5.17. The van der Waals surface area contributed by atoms with Gasteiger partial charge in [-0.1, -0.05) is 0 Å². The normalized spacial score (nSPS) is 17.2. The molecule has 0 unspecified atom stereocenters. The van der Waals surface area contributed by atoms with E-state index in [9.17, 15) is 0 Å². The maximum atomic E-state index is 7.58. The molecule has 0 heterocycles. The number of hydrogen-bond donors (Lipinski definition) is 0. The van der Waals surface area contributed by atoms with Gasteiger partial charge < -0.3 is 0 Å². The Morgan fingerprint density at radius 3 is 1.88 bits per heavy atom. The number of allylic oxidation sites excluding steroid dienone is 4. The van der Waals surface area contributed by atoms with Gasteiger partial charge in [0.1, 0.15) is 0 Å². The third-order valence-corrected chi connectivity index (χ3v) is 24.0. The Morgan fingerprint density at radius 2 is 1.38 bits per heavy atom. The summed E-state index contributed by atoms with van der Waals surface area (Å²) in [6.45, 7) is 2.15. The zero-order valence-corrected chi connectivity index (χ0v) is 17.6. The molecule has 0 N–H and O–H groups in total. The molecule has 0 aliphatic heterocycles. The molecule has 0 atom stereocenters. The Kier molecular flexibility index (Phi) is 4.11. The van der Waals surface area contributed by atoms with Crippen molar-refractivity contribution in [2.24, 2.45) is 0 Å². The van der Waals surface area contributed by atoms with Crippen LogP contribution in [-0.2, 0) is 15.9 Å². The van der Waals surface area contributed by atoms with Crippen molar-refractivity contribution in [3.05, 3.63) is 84.0 Å². The molecule has 2 aromatic rings. The van der Waals surface area contributed by atoms with E-state index in [-0.39, 0.29) is 7.25 Å². The molecule has 0 nitrogen and oxygen atoms in total. The van der Waals surface area contributed by atoms with E-state index >= 15 is 0 Å². The number of halogens is 2. The van der Waals surface area contributed by atoms with E-state index in [1.54, 1.807) is 0 Å². The summed E-state index contributed by atoms with van der Waals surface area (Å²) in [5, 5.41) is 0. The van der Waals surface area contributed by atoms with E-state index in [4.69, 9.17) is 17.0 Å². The minimum absolute atomic E-state index is 0.111. The van der Waals surface area contributed by atoms with Crippen molar-refractivity contribution in [2.75, 3.05) is 0 Å². The monoisotopic (exact) mass is 432 g/mol. The standard InChI is InChI=1S/C13H9.C5H5.C3H6.2ClH.Zr/c1-3-7-12-10(5-1)9-11-6-2-4-8-13(11)12;1-2-4-5-3-1;1-3-2;;;/h1-9H;1-5H;1H,3H2,2H3;2*1H;/q;;;;;+2/p-2. The second-order valence-electron chi connectivity index (χ2n) is 6.74. The van der Waals surface area contributed by atoms with E-state index in [1.165, 1.54) is 22.3 Å². The van der Waals surface area contributed by atoms with Crippen molar-refractivity contribution < 1.29 is 15.9 Å². The SMILES string of the molecule is CC[CH]=[Zr]([Cl])([Cl])([CH]1C=CC=C1)[CH]1c2ccccc2-c2ccccc21. The first-order chi connectivity index (χ1) is 11.6. The zero-order valence-electron chi connectivity index (χ0n) is 13.6. The van der Waals surface area contributed by atoms with Crippen LogP contribution in [0.1, 0.15) is 28.1 Å². The Labute approximate surface area is 151 Å². The van der Waals surface area contributed by atoms with Gasteiger partial charge in [-0.05, 0) is 0 Å². The number of benzene rings is 2. The topological polar surface area (TPSA) is 0 Å². The molecule has 2 aliphatic rings. The van der Waals surface area contributed by atoms with Crippen molar-refractivity contribution in [3.63, 3.8) is 0 Å². The number of fused-ring (bicyclic) bond motifs is 3. The van der Waals surface area contributed by atoms with Crippen LogP contribution in [0.15, 0.2) is 72.8 Å². The molecule has 0 radical (unpaired) electrons. The molecule has 0 bridgehead atoms. The van der Waals surface area contributed by atoms with Gasteiger partial charge in [-0.15, -0.1) is 0 Å². The van der Waals surface area contributed by atoms with Crippen molar-refractivity contribution in [1.29, 1.82) is 0 Å². The second-order valence-corrected chi connectivity index (χ2v) is 28.0. The predicted octanol–water partition coefficient (Wildman–Crippen LogP) is 6.88. The van der Waals surface area contributed by atoms with Crippen molar-refractivity contribution in [1.82, 2.24) is 0 Å². The Hall–Kier alpha value is -0.747. The molecule has 0 saturated carbocycles. The molecule has 2 aliphatic carbocycles. The van der Waals surface area contributed by atoms with E-state index in [2.05, 4.69) is 83.5 Å². The van der Waals surface area contributed by atoms with Crippen molar-refractivity contribution in [2.45, 2.75) is 20.6 Å². The van der Waals surface area contributed by atoms with Crippen LogP contribution in [0.4, 0.5) is 0 Å². The molecule has 0 amide bonds. The fraction of sp³-hybridized carbons (Fsp3) is 0.190. The summed E-state index contributed by atoms with van der Waals surface area (Å²) >= 11 is -4.33. The van der Waals surface area contributed by atoms with Crippen LogP contribution in [-0.4, -0.2) is 3.71 Å². The van der Waals surface area contributed by atoms with E-state index in [1.807, 2.05) is 0 Å². The van der Waals surface area contributed by atoms with Crippen molar-refractivity contribution >= 4 is 20.7 Å². The first-order valence-corrected chi connectivity index (χ1v) is 19.1. The van der Waals surface area contributed by atoms with Gasteiger partial charge in [0.05, 0.1) is 0 Å². The van der Waals surface area contributed by atoms with Gasteiger partial charge in [0.25, 0.3) is 0 Å². The first-order valence-electron chi connectivity index (χ1n) is 8.51. The summed E-state index contributed by atoms with van der Waals surface area (Å²) in [7, 11) is 15.2. The molecule has 0 saturated heterocycles.